The van der Waals surface area contributed by atoms with Crippen LogP contribution in [0, 0.1) is 0 Å². The highest BCUT2D eigenvalue weighted by Crippen LogP contribution is 2.43. The van der Waals surface area contributed by atoms with E-state index >= 15 is 0 Å². The monoisotopic (exact) mass is 538 g/mol. The van der Waals surface area contributed by atoms with Gasteiger partial charge in [0.2, 0.25) is 0 Å². The molecule has 7 nitrogen and oxygen atoms in total. The van der Waals surface area contributed by atoms with Gasteiger partial charge < -0.3 is 14.5 Å². The molecule has 1 aromatic carbocycles. The molecular formula is C27H34F4N4O3. The number of methoxy groups -OCH3 is 1. The zero-order chi connectivity index (χ0) is 27.6. The second-order valence-corrected chi connectivity index (χ2v) is 9.89. The average molecular weight is 539 g/mol. The lowest BCUT2D eigenvalue weighted by molar-refractivity contribution is -0.155. The van der Waals surface area contributed by atoms with E-state index in [1.165, 1.54) is 12.0 Å². The van der Waals surface area contributed by atoms with Crippen LogP contribution in [0.1, 0.15) is 37.4 Å². The third kappa shape index (κ3) is 5.99. The lowest BCUT2D eigenvalue weighted by Gasteiger charge is -2.43. The lowest BCUT2D eigenvalue weighted by Crippen LogP contribution is -2.57. The van der Waals surface area contributed by atoms with Crippen LogP contribution in [0.5, 0.6) is 0 Å². The molecule has 0 unspecified atom stereocenters. The largest absolute Gasteiger partial charge is 0.496 e. The minimum atomic E-state index is -4.43. The van der Waals surface area contributed by atoms with E-state index in [-0.39, 0.29) is 19.1 Å². The molecule has 1 saturated heterocycles. The Hall–Kier alpha value is -3.05. The van der Waals surface area contributed by atoms with E-state index in [4.69, 9.17) is 9.15 Å². The van der Waals surface area contributed by atoms with Crippen LogP contribution in [0.15, 0.2) is 57.1 Å². The van der Waals surface area contributed by atoms with Gasteiger partial charge in [0.15, 0.2) is 5.58 Å². The quantitative estimate of drug-likeness (QED) is 0.262. The molecule has 0 aliphatic carbocycles. The molecule has 0 bridgehead atoms. The number of hydrogen-bond acceptors (Lipinski definition) is 6. The Morgan fingerprint density at radius 1 is 1.34 bits per heavy atom. The molecule has 4 rings (SSSR count). The highest BCUT2D eigenvalue weighted by Gasteiger charge is 2.42. The third-order valence-electron chi connectivity index (χ3n) is 7.18. The number of alkyl halides is 4. The van der Waals surface area contributed by atoms with E-state index < -0.39 is 30.6 Å². The summed E-state index contributed by atoms with van der Waals surface area (Å²) >= 11 is 0. The van der Waals surface area contributed by atoms with Crippen molar-refractivity contribution in [3.8, 4) is 0 Å². The summed E-state index contributed by atoms with van der Waals surface area (Å²) in [5.74, 6) is -0.276. The molecule has 0 amide bonds. The molecule has 0 saturated carbocycles. The summed E-state index contributed by atoms with van der Waals surface area (Å²) in [6.45, 7) is 8.56. The predicted octanol–water partition coefficient (Wildman–Crippen LogP) is 4.59. The predicted molar refractivity (Wildman–Crippen MR) is 137 cm³/mol. The fourth-order valence-corrected chi connectivity index (χ4v) is 5.37. The summed E-state index contributed by atoms with van der Waals surface area (Å²) < 4.78 is 64.6. The summed E-state index contributed by atoms with van der Waals surface area (Å²) in [5.41, 5.74) is 3.23. The standard InChI is InChI=1S/C27H34F4N4O3/c1-5-18(32-19-13-34(14-19)10-6-9-28)12-23(37-4)17(3)24-20-7-8-22-25(38-26(36)33-22)21(20)11-16(2)35(24)15-27(29,30)31/h5,7-8,12,16,19,24,32H,3,6,9-11,13-15H2,1-2,4H3,(H,33,36)/b18-5+,23-12+/t16-,24-/m1/s1. The van der Waals surface area contributed by atoms with Crippen molar-refractivity contribution in [2.24, 2.45) is 0 Å². The Kier molecular flexibility index (Phi) is 8.37. The molecule has 208 valence electrons. The number of halogens is 4. The van der Waals surface area contributed by atoms with Gasteiger partial charge in [-0.25, -0.2) is 4.79 Å². The summed E-state index contributed by atoms with van der Waals surface area (Å²) in [6, 6.07) is 2.16. The zero-order valence-corrected chi connectivity index (χ0v) is 21.8. The molecule has 2 N–H and O–H groups in total. The number of nitrogens with one attached hydrogen (secondary N) is 2. The number of allylic oxidation sites excluding steroid dienone is 2. The normalized spacial score (nSPS) is 21.9. The molecule has 1 aromatic heterocycles. The van der Waals surface area contributed by atoms with Crippen LogP contribution in [-0.4, -0.2) is 73.0 Å². The first kappa shape index (κ1) is 28.0. The number of nitrogens with zero attached hydrogens (tertiary/aromatic N) is 2. The van der Waals surface area contributed by atoms with Crippen molar-refractivity contribution in [2.45, 2.75) is 51.0 Å². The molecule has 11 heteroatoms. The van der Waals surface area contributed by atoms with Crippen LogP contribution in [0.2, 0.25) is 0 Å². The Morgan fingerprint density at radius 3 is 2.71 bits per heavy atom. The van der Waals surface area contributed by atoms with E-state index in [1.807, 2.05) is 13.0 Å². The van der Waals surface area contributed by atoms with Crippen molar-refractivity contribution in [3.63, 3.8) is 0 Å². The number of ether oxygens (including phenoxy) is 1. The Bertz CT molecular complexity index is 1270. The van der Waals surface area contributed by atoms with Crippen molar-refractivity contribution in [1.82, 2.24) is 20.1 Å². The van der Waals surface area contributed by atoms with Gasteiger partial charge in [0.25, 0.3) is 0 Å². The maximum Gasteiger partial charge on any atom is 0.417 e. The lowest BCUT2D eigenvalue weighted by atomic mass is 9.84. The molecule has 2 aliphatic heterocycles. The summed E-state index contributed by atoms with van der Waals surface area (Å²) in [5, 5.41) is 3.42. The van der Waals surface area contributed by atoms with Crippen LogP contribution in [-0.2, 0) is 11.2 Å². The molecule has 3 heterocycles. The van der Waals surface area contributed by atoms with Crippen molar-refractivity contribution in [3.05, 3.63) is 69.6 Å². The topological polar surface area (TPSA) is 73.7 Å². The van der Waals surface area contributed by atoms with Gasteiger partial charge in [-0.3, -0.25) is 19.2 Å². The first-order valence-electron chi connectivity index (χ1n) is 12.7. The van der Waals surface area contributed by atoms with Gasteiger partial charge in [0.05, 0.1) is 37.9 Å². The molecule has 0 radical (unpaired) electrons. The van der Waals surface area contributed by atoms with E-state index in [0.717, 1.165) is 18.8 Å². The van der Waals surface area contributed by atoms with E-state index in [9.17, 15) is 22.4 Å². The number of rotatable bonds is 10. The van der Waals surface area contributed by atoms with Crippen LogP contribution in [0.3, 0.4) is 0 Å². The van der Waals surface area contributed by atoms with Crippen molar-refractivity contribution >= 4 is 11.1 Å². The van der Waals surface area contributed by atoms with Crippen molar-refractivity contribution in [1.29, 1.82) is 0 Å². The maximum absolute atomic E-state index is 13.7. The molecule has 38 heavy (non-hydrogen) atoms. The summed E-state index contributed by atoms with van der Waals surface area (Å²) in [4.78, 5) is 18.0. The Labute approximate surface area is 218 Å². The zero-order valence-electron chi connectivity index (χ0n) is 21.8. The SMILES string of the molecule is C=C(/C(=C\C(=C/C)NC1CN(CCCF)C1)OC)[C@@H]1c2ccc3[nH]c(=O)oc3c2C[C@@H](C)N1CC(F)(F)F. The van der Waals surface area contributed by atoms with Gasteiger partial charge in [-0.2, -0.15) is 13.2 Å². The first-order valence-corrected chi connectivity index (χ1v) is 12.7. The van der Waals surface area contributed by atoms with E-state index in [1.54, 1.807) is 25.1 Å². The van der Waals surface area contributed by atoms with Crippen molar-refractivity contribution in [2.75, 3.05) is 40.0 Å². The number of aromatic nitrogens is 1. The molecule has 0 spiro atoms. The molecular weight excluding hydrogens is 504 g/mol. The smallest absolute Gasteiger partial charge is 0.417 e. The second kappa shape index (κ2) is 11.4. The summed E-state index contributed by atoms with van der Waals surface area (Å²) in [7, 11) is 1.46. The van der Waals surface area contributed by atoms with Crippen molar-refractivity contribution < 1.29 is 26.7 Å². The van der Waals surface area contributed by atoms with E-state index in [0.29, 0.717) is 46.5 Å². The fraction of sp³-hybridized carbons (Fsp3) is 0.519. The number of fused-ring (bicyclic) bond motifs is 3. The van der Waals surface area contributed by atoms with E-state index in [2.05, 4.69) is 21.8 Å². The molecule has 2 aromatic rings. The van der Waals surface area contributed by atoms with Gasteiger partial charge in [-0.1, -0.05) is 18.7 Å². The molecule has 1 fully saturated rings. The van der Waals surface area contributed by atoms with Gasteiger partial charge in [-0.15, -0.1) is 0 Å². The minimum absolute atomic E-state index is 0.172. The van der Waals surface area contributed by atoms with Crippen LogP contribution < -0.4 is 11.1 Å². The molecule has 2 aliphatic rings. The Balaban J connectivity index is 1.65. The number of H-pyrrole nitrogens is 1. The fourth-order valence-electron chi connectivity index (χ4n) is 5.37. The summed E-state index contributed by atoms with van der Waals surface area (Å²) in [6.07, 6.45) is -0.0432. The second-order valence-electron chi connectivity index (χ2n) is 9.89. The first-order chi connectivity index (χ1) is 18.0. The minimum Gasteiger partial charge on any atom is -0.496 e. The molecule has 2 atom stereocenters. The number of hydrogen-bond donors (Lipinski definition) is 2. The number of oxazole rings is 1. The highest BCUT2D eigenvalue weighted by atomic mass is 19.4. The maximum atomic E-state index is 13.7. The van der Waals surface area contributed by atoms with Crippen LogP contribution >= 0.6 is 0 Å². The third-order valence-corrected chi connectivity index (χ3v) is 7.18. The van der Waals surface area contributed by atoms with Gasteiger partial charge in [0.1, 0.15) is 5.76 Å². The Morgan fingerprint density at radius 2 is 2.08 bits per heavy atom. The van der Waals surface area contributed by atoms with Crippen LogP contribution in [0.4, 0.5) is 17.6 Å². The average Bonchev–Trinajstić information content (AvgIpc) is 3.22. The van der Waals surface area contributed by atoms with Crippen LogP contribution in [0.25, 0.3) is 11.1 Å². The number of likely N-dealkylation sites (tertiary alicyclic amines) is 1. The highest BCUT2D eigenvalue weighted by molar-refractivity contribution is 5.78. The number of benzene rings is 1. The number of aromatic amines is 1. The van der Waals surface area contributed by atoms with Gasteiger partial charge >= 0.3 is 11.9 Å². The van der Waals surface area contributed by atoms with Gasteiger partial charge in [0, 0.05) is 48.6 Å². The van der Waals surface area contributed by atoms with Gasteiger partial charge in [-0.05, 0) is 38.3 Å².